The van der Waals surface area contributed by atoms with Gasteiger partial charge in [-0.2, -0.15) is 0 Å². The summed E-state index contributed by atoms with van der Waals surface area (Å²) in [5.41, 5.74) is 1.88. The fourth-order valence-corrected chi connectivity index (χ4v) is 2.59. The number of aryl methyl sites for hydroxylation is 1. The van der Waals surface area contributed by atoms with Crippen molar-refractivity contribution in [2.45, 2.75) is 44.6 Å². The van der Waals surface area contributed by atoms with Crippen LogP contribution in [0.5, 0.6) is 0 Å². The fraction of sp³-hybridized carbons (Fsp3) is 0.562. The summed E-state index contributed by atoms with van der Waals surface area (Å²) in [6.07, 6.45) is 2.89. The molecule has 4 nitrogen and oxygen atoms in total. The van der Waals surface area contributed by atoms with Crippen molar-refractivity contribution in [1.29, 1.82) is 0 Å². The zero-order valence-electron chi connectivity index (χ0n) is 12.2. The highest BCUT2D eigenvalue weighted by atomic mass is 16.6. The largest absolute Gasteiger partial charge is 0.441 e. The molecule has 0 saturated carbocycles. The number of nitrogens with one attached hydrogen (secondary N) is 1. The van der Waals surface area contributed by atoms with Gasteiger partial charge in [-0.25, -0.2) is 4.79 Å². The molecule has 0 heterocycles. The molecule has 1 atom stereocenters. The molecule has 20 heavy (non-hydrogen) atoms. The molecule has 1 aromatic carbocycles. The van der Waals surface area contributed by atoms with Gasteiger partial charge in [-0.15, -0.1) is 0 Å². The number of rotatable bonds is 4. The molecule has 1 amide bonds. The molecule has 0 radical (unpaired) electrons. The molecule has 1 aromatic rings. The second kappa shape index (κ2) is 6.27. The fourth-order valence-electron chi connectivity index (χ4n) is 2.59. The standard InChI is InChI=1S/C16H23NO3/c1-16(2,11-18)20-15(19)17-10-13-8-5-7-12-6-3-4-9-14(12)13/h3-4,6,9,13,18H,5,7-8,10-11H2,1-2H3,(H,17,19). The van der Waals surface area contributed by atoms with Gasteiger partial charge in [-0.05, 0) is 44.2 Å². The lowest BCUT2D eigenvalue weighted by molar-refractivity contribution is -0.00350. The molecule has 1 unspecified atom stereocenters. The van der Waals surface area contributed by atoms with Crippen molar-refractivity contribution in [3.05, 3.63) is 35.4 Å². The Labute approximate surface area is 120 Å². The third kappa shape index (κ3) is 3.73. The van der Waals surface area contributed by atoms with Crippen molar-refractivity contribution in [3.63, 3.8) is 0 Å². The molecule has 0 aromatic heterocycles. The minimum atomic E-state index is -0.839. The summed E-state index contributed by atoms with van der Waals surface area (Å²) in [4.78, 5) is 11.7. The number of hydrogen-bond donors (Lipinski definition) is 2. The molecule has 0 saturated heterocycles. The Morgan fingerprint density at radius 2 is 2.20 bits per heavy atom. The Balaban J connectivity index is 1.91. The van der Waals surface area contributed by atoms with E-state index in [1.807, 2.05) is 6.07 Å². The Bertz CT molecular complexity index is 471. The van der Waals surface area contributed by atoms with E-state index in [0.717, 1.165) is 19.3 Å². The number of aliphatic hydroxyl groups excluding tert-OH is 1. The Kier molecular flexibility index (Phi) is 4.65. The number of aliphatic hydroxyl groups is 1. The van der Waals surface area contributed by atoms with E-state index in [-0.39, 0.29) is 6.61 Å². The minimum absolute atomic E-state index is 0.188. The highest BCUT2D eigenvalue weighted by molar-refractivity contribution is 5.67. The van der Waals surface area contributed by atoms with Crippen LogP contribution in [0.2, 0.25) is 0 Å². The van der Waals surface area contributed by atoms with Gasteiger partial charge >= 0.3 is 6.09 Å². The van der Waals surface area contributed by atoms with Crippen molar-refractivity contribution < 1.29 is 14.6 Å². The minimum Gasteiger partial charge on any atom is -0.441 e. The van der Waals surface area contributed by atoms with Crippen molar-refractivity contribution >= 4 is 6.09 Å². The van der Waals surface area contributed by atoms with Crippen molar-refractivity contribution in [1.82, 2.24) is 5.32 Å². The number of amides is 1. The highest BCUT2D eigenvalue weighted by Crippen LogP contribution is 2.30. The first-order chi connectivity index (χ1) is 9.52. The van der Waals surface area contributed by atoms with Crippen molar-refractivity contribution in [2.24, 2.45) is 0 Å². The highest BCUT2D eigenvalue weighted by Gasteiger charge is 2.24. The van der Waals surface area contributed by atoms with E-state index in [1.54, 1.807) is 13.8 Å². The van der Waals surface area contributed by atoms with Crippen LogP contribution < -0.4 is 5.32 Å². The molecule has 0 spiro atoms. The summed E-state index contributed by atoms with van der Waals surface area (Å²) in [7, 11) is 0. The molecule has 0 fully saturated rings. The van der Waals surface area contributed by atoms with E-state index in [2.05, 4.69) is 23.5 Å². The van der Waals surface area contributed by atoms with Crippen LogP contribution in [-0.2, 0) is 11.2 Å². The van der Waals surface area contributed by atoms with Crippen molar-refractivity contribution in [2.75, 3.05) is 13.2 Å². The molecule has 1 aliphatic carbocycles. The predicted molar refractivity (Wildman–Crippen MR) is 77.8 cm³/mol. The van der Waals surface area contributed by atoms with Crippen molar-refractivity contribution in [3.8, 4) is 0 Å². The molecule has 0 bridgehead atoms. The summed E-state index contributed by atoms with van der Waals surface area (Å²) in [5, 5.41) is 11.9. The Morgan fingerprint density at radius 1 is 1.45 bits per heavy atom. The summed E-state index contributed by atoms with van der Waals surface area (Å²) in [5.74, 6) is 0.352. The third-order valence-electron chi connectivity index (χ3n) is 3.74. The molecule has 2 N–H and O–H groups in total. The number of hydrogen-bond acceptors (Lipinski definition) is 3. The van der Waals surface area contributed by atoms with E-state index < -0.39 is 11.7 Å². The maximum Gasteiger partial charge on any atom is 0.407 e. The van der Waals surface area contributed by atoms with Crippen LogP contribution in [0, 0.1) is 0 Å². The summed E-state index contributed by atoms with van der Waals surface area (Å²) in [6.45, 7) is 3.76. The Hall–Kier alpha value is -1.55. The van der Waals surface area contributed by atoms with Gasteiger partial charge in [0.1, 0.15) is 5.60 Å². The predicted octanol–water partition coefficient (Wildman–Crippen LogP) is 2.60. The lowest BCUT2D eigenvalue weighted by Crippen LogP contribution is -2.38. The van der Waals surface area contributed by atoms with Gasteiger partial charge < -0.3 is 15.2 Å². The summed E-state index contributed by atoms with van der Waals surface area (Å²) < 4.78 is 5.17. The molecular weight excluding hydrogens is 254 g/mol. The SMILES string of the molecule is CC(C)(CO)OC(=O)NCC1CCCc2ccccc21. The van der Waals surface area contributed by atoms with Crippen LogP contribution in [0.15, 0.2) is 24.3 Å². The first-order valence-corrected chi connectivity index (χ1v) is 7.17. The van der Waals surface area contributed by atoms with E-state index >= 15 is 0 Å². The lowest BCUT2D eigenvalue weighted by atomic mass is 9.83. The van der Waals surface area contributed by atoms with Crippen LogP contribution in [0.3, 0.4) is 0 Å². The maximum atomic E-state index is 11.7. The number of benzene rings is 1. The van der Waals surface area contributed by atoms with E-state index in [4.69, 9.17) is 9.84 Å². The molecule has 2 rings (SSSR count). The molecule has 4 heteroatoms. The first kappa shape index (κ1) is 14.9. The van der Waals surface area contributed by atoms with Gasteiger partial charge in [-0.1, -0.05) is 24.3 Å². The molecule has 110 valence electrons. The molecule has 1 aliphatic rings. The smallest absolute Gasteiger partial charge is 0.407 e. The van der Waals surface area contributed by atoms with Crippen LogP contribution in [0.25, 0.3) is 0 Å². The second-order valence-corrected chi connectivity index (χ2v) is 5.98. The Morgan fingerprint density at radius 3 is 2.95 bits per heavy atom. The van der Waals surface area contributed by atoms with Gasteiger partial charge in [0.05, 0.1) is 6.61 Å². The third-order valence-corrected chi connectivity index (χ3v) is 3.74. The number of ether oxygens (including phenoxy) is 1. The van der Waals surface area contributed by atoms with Gasteiger partial charge in [0.15, 0.2) is 0 Å². The average Bonchev–Trinajstić information content (AvgIpc) is 2.44. The second-order valence-electron chi connectivity index (χ2n) is 5.98. The van der Waals surface area contributed by atoms with Gasteiger partial charge in [0, 0.05) is 12.5 Å². The topological polar surface area (TPSA) is 58.6 Å². The van der Waals surface area contributed by atoms with E-state index in [1.165, 1.54) is 11.1 Å². The number of carbonyl (C=O) groups excluding carboxylic acids is 1. The van der Waals surface area contributed by atoms with Gasteiger partial charge in [0.2, 0.25) is 0 Å². The van der Waals surface area contributed by atoms with Crippen LogP contribution in [0.4, 0.5) is 4.79 Å². The van der Waals surface area contributed by atoms with E-state index in [9.17, 15) is 4.79 Å². The van der Waals surface area contributed by atoms with Crippen LogP contribution in [0.1, 0.15) is 43.7 Å². The van der Waals surface area contributed by atoms with Gasteiger partial charge in [0.25, 0.3) is 0 Å². The zero-order chi connectivity index (χ0) is 14.6. The lowest BCUT2D eigenvalue weighted by Gasteiger charge is -2.27. The van der Waals surface area contributed by atoms with Crippen LogP contribution in [-0.4, -0.2) is 30.0 Å². The number of alkyl carbamates (subject to hydrolysis) is 1. The molecular formula is C16H23NO3. The quantitative estimate of drug-likeness (QED) is 0.889. The number of fused-ring (bicyclic) bond motifs is 1. The summed E-state index contributed by atoms with van der Waals surface area (Å²) in [6, 6.07) is 8.41. The van der Waals surface area contributed by atoms with Gasteiger partial charge in [-0.3, -0.25) is 0 Å². The first-order valence-electron chi connectivity index (χ1n) is 7.17. The number of carbonyl (C=O) groups is 1. The van der Waals surface area contributed by atoms with Crippen LogP contribution >= 0.6 is 0 Å². The van der Waals surface area contributed by atoms with E-state index in [0.29, 0.717) is 12.5 Å². The molecule has 0 aliphatic heterocycles. The maximum absolute atomic E-state index is 11.7. The normalized spacial score (nSPS) is 18.2. The zero-order valence-corrected chi connectivity index (χ0v) is 12.2. The summed E-state index contributed by atoms with van der Waals surface area (Å²) >= 11 is 0. The monoisotopic (exact) mass is 277 g/mol. The average molecular weight is 277 g/mol.